The Labute approximate surface area is 129 Å². The van der Waals surface area contributed by atoms with Crippen molar-refractivity contribution in [1.82, 2.24) is 9.97 Å². The van der Waals surface area contributed by atoms with Gasteiger partial charge in [-0.15, -0.1) is 11.3 Å². The summed E-state index contributed by atoms with van der Waals surface area (Å²) in [5, 5.41) is 14.3. The highest BCUT2D eigenvalue weighted by atomic mass is 32.1. The minimum Gasteiger partial charge on any atom is -0.393 e. The molecule has 2 atom stereocenters. The molecule has 1 aliphatic rings. The Kier molecular flexibility index (Phi) is 3.99. The van der Waals surface area contributed by atoms with Crippen LogP contribution in [0.15, 0.2) is 6.07 Å². The van der Waals surface area contributed by atoms with E-state index in [-0.39, 0.29) is 12.0 Å². The van der Waals surface area contributed by atoms with Crippen LogP contribution in [0.2, 0.25) is 0 Å². The predicted molar refractivity (Wildman–Crippen MR) is 88.3 cm³/mol. The second-order valence-corrected chi connectivity index (χ2v) is 6.99. The zero-order chi connectivity index (χ0) is 15.0. The van der Waals surface area contributed by atoms with Crippen LogP contribution >= 0.6 is 11.3 Å². The number of aryl methyl sites for hydroxylation is 1. The first-order valence-corrected chi connectivity index (χ1v) is 8.35. The largest absolute Gasteiger partial charge is 0.393 e. The first kappa shape index (κ1) is 14.5. The van der Waals surface area contributed by atoms with Gasteiger partial charge < -0.3 is 15.3 Å². The molecule has 0 aromatic carbocycles. The highest BCUT2D eigenvalue weighted by Gasteiger charge is 2.26. The molecule has 114 valence electrons. The average molecular weight is 306 g/mol. The lowest BCUT2D eigenvalue weighted by molar-refractivity contribution is 0.0970. The number of rotatable bonds is 3. The number of thiophene rings is 1. The lowest BCUT2D eigenvalue weighted by Crippen LogP contribution is -2.42. The van der Waals surface area contributed by atoms with Gasteiger partial charge in [-0.1, -0.05) is 6.92 Å². The van der Waals surface area contributed by atoms with Crippen LogP contribution in [0.1, 0.15) is 25.1 Å². The maximum atomic E-state index is 9.93. The van der Waals surface area contributed by atoms with E-state index in [2.05, 4.69) is 35.1 Å². The van der Waals surface area contributed by atoms with Crippen LogP contribution in [-0.4, -0.2) is 40.8 Å². The zero-order valence-electron chi connectivity index (χ0n) is 12.8. The molecule has 0 bridgehead atoms. The molecule has 21 heavy (non-hydrogen) atoms. The van der Waals surface area contributed by atoms with Crippen LogP contribution in [0.5, 0.6) is 0 Å². The van der Waals surface area contributed by atoms with Crippen LogP contribution in [-0.2, 0) is 0 Å². The zero-order valence-corrected chi connectivity index (χ0v) is 13.6. The molecule has 2 unspecified atom stereocenters. The molecule has 0 aliphatic carbocycles. The number of piperidine rings is 1. The van der Waals surface area contributed by atoms with Crippen molar-refractivity contribution >= 4 is 33.3 Å². The number of aliphatic hydroxyl groups is 1. The van der Waals surface area contributed by atoms with Crippen LogP contribution in [0.25, 0.3) is 10.2 Å². The van der Waals surface area contributed by atoms with Crippen molar-refractivity contribution < 1.29 is 5.11 Å². The van der Waals surface area contributed by atoms with Gasteiger partial charge in [0.2, 0.25) is 5.95 Å². The van der Waals surface area contributed by atoms with Crippen LogP contribution < -0.4 is 10.2 Å². The second-order valence-electron chi connectivity index (χ2n) is 5.76. The highest BCUT2D eigenvalue weighted by Crippen LogP contribution is 2.33. The Morgan fingerprint density at radius 3 is 3.00 bits per heavy atom. The van der Waals surface area contributed by atoms with E-state index in [0.717, 1.165) is 42.1 Å². The van der Waals surface area contributed by atoms with Crippen LogP contribution in [0.4, 0.5) is 11.8 Å². The van der Waals surface area contributed by atoms with E-state index in [1.807, 2.05) is 6.92 Å². The summed E-state index contributed by atoms with van der Waals surface area (Å²) >= 11 is 1.70. The van der Waals surface area contributed by atoms with Gasteiger partial charge in [-0.3, -0.25) is 0 Å². The summed E-state index contributed by atoms with van der Waals surface area (Å²) in [6.45, 7) is 8.74. The van der Waals surface area contributed by atoms with Crippen molar-refractivity contribution in [2.45, 2.75) is 33.3 Å². The Morgan fingerprint density at radius 1 is 1.48 bits per heavy atom. The van der Waals surface area contributed by atoms with Gasteiger partial charge in [0.15, 0.2) is 0 Å². The van der Waals surface area contributed by atoms with Gasteiger partial charge in [0.05, 0.1) is 11.5 Å². The summed E-state index contributed by atoms with van der Waals surface area (Å²) in [5.74, 6) is 1.96. The summed E-state index contributed by atoms with van der Waals surface area (Å²) < 4.78 is 0. The topological polar surface area (TPSA) is 61.3 Å². The first-order chi connectivity index (χ1) is 10.1. The Morgan fingerprint density at radius 2 is 2.29 bits per heavy atom. The predicted octanol–water partition coefficient (Wildman–Crippen LogP) is 2.64. The molecule has 5 nitrogen and oxygen atoms in total. The maximum Gasteiger partial charge on any atom is 0.226 e. The van der Waals surface area contributed by atoms with Gasteiger partial charge in [0, 0.05) is 24.5 Å². The van der Waals surface area contributed by atoms with E-state index in [1.54, 1.807) is 11.3 Å². The Hall–Kier alpha value is -1.40. The molecule has 3 heterocycles. The van der Waals surface area contributed by atoms with Crippen LogP contribution in [0.3, 0.4) is 0 Å². The minimum atomic E-state index is -0.198. The quantitative estimate of drug-likeness (QED) is 0.913. The van der Waals surface area contributed by atoms with E-state index < -0.39 is 0 Å². The fourth-order valence-corrected chi connectivity index (χ4v) is 3.70. The van der Waals surface area contributed by atoms with E-state index in [1.165, 1.54) is 4.88 Å². The molecule has 2 aromatic heterocycles. The number of hydrogen-bond acceptors (Lipinski definition) is 6. The summed E-state index contributed by atoms with van der Waals surface area (Å²) in [5.41, 5.74) is 0. The van der Waals surface area contributed by atoms with E-state index >= 15 is 0 Å². The lowest BCUT2D eigenvalue weighted by atomic mass is 9.97. The van der Waals surface area contributed by atoms with Crippen molar-refractivity contribution in [2.24, 2.45) is 5.92 Å². The van der Waals surface area contributed by atoms with Gasteiger partial charge in [0.25, 0.3) is 0 Å². The molecule has 0 radical (unpaired) electrons. The first-order valence-electron chi connectivity index (χ1n) is 7.53. The average Bonchev–Trinajstić information content (AvgIpc) is 2.81. The molecule has 0 saturated carbocycles. The number of nitrogens with zero attached hydrogens (tertiary/aromatic N) is 3. The number of aromatic nitrogens is 2. The Balaban J connectivity index is 2.03. The third-order valence-corrected chi connectivity index (χ3v) is 4.93. The number of aliphatic hydroxyl groups excluding tert-OH is 1. The molecule has 0 amide bonds. The summed E-state index contributed by atoms with van der Waals surface area (Å²) in [6.07, 6.45) is 0.600. The van der Waals surface area contributed by atoms with Crippen molar-refractivity contribution in [3.63, 3.8) is 0 Å². The molecule has 1 aliphatic heterocycles. The summed E-state index contributed by atoms with van der Waals surface area (Å²) in [4.78, 5) is 13.9. The highest BCUT2D eigenvalue weighted by molar-refractivity contribution is 7.18. The fraction of sp³-hybridized carbons (Fsp3) is 0.600. The van der Waals surface area contributed by atoms with Gasteiger partial charge in [-0.25, -0.2) is 4.98 Å². The normalized spacial score (nSPS) is 22.8. The molecular formula is C15H22N4OS. The third-order valence-electron chi connectivity index (χ3n) is 3.99. The van der Waals surface area contributed by atoms with Gasteiger partial charge >= 0.3 is 0 Å². The SMILES string of the molecule is CCNc1nc(N2CCC(O)C(C)C2)c2cc(C)sc2n1. The smallest absolute Gasteiger partial charge is 0.226 e. The second kappa shape index (κ2) is 5.77. The van der Waals surface area contributed by atoms with Crippen molar-refractivity contribution in [1.29, 1.82) is 0 Å². The summed E-state index contributed by atoms with van der Waals surface area (Å²) in [6, 6.07) is 2.17. The molecule has 1 fully saturated rings. The molecule has 2 aromatic rings. The maximum absolute atomic E-state index is 9.93. The van der Waals surface area contributed by atoms with Crippen molar-refractivity contribution in [2.75, 3.05) is 29.9 Å². The van der Waals surface area contributed by atoms with E-state index in [4.69, 9.17) is 4.98 Å². The number of nitrogens with one attached hydrogen (secondary N) is 1. The molecule has 2 N–H and O–H groups in total. The third kappa shape index (κ3) is 2.82. The Bertz CT molecular complexity index is 642. The number of hydrogen-bond donors (Lipinski definition) is 2. The van der Waals surface area contributed by atoms with Crippen molar-refractivity contribution in [3.8, 4) is 0 Å². The fourth-order valence-electron chi connectivity index (χ4n) is 2.83. The molecule has 6 heteroatoms. The summed E-state index contributed by atoms with van der Waals surface area (Å²) in [7, 11) is 0. The van der Waals surface area contributed by atoms with Crippen LogP contribution in [0, 0.1) is 12.8 Å². The van der Waals surface area contributed by atoms with Gasteiger partial charge in [-0.2, -0.15) is 4.98 Å². The molecular weight excluding hydrogens is 284 g/mol. The minimum absolute atomic E-state index is 0.198. The number of fused-ring (bicyclic) bond motifs is 1. The van der Waals surface area contributed by atoms with Gasteiger partial charge in [-0.05, 0) is 32.3 Å². The monoisotopic (exact) mass is 306 g/mol. The molecule has 1 saturated heterocycles. The molecule has 3 rings (SSSR count). The van der Waals surface area contributed by atoms with E-state index in [0.29, 0.717) is 5.95 Å². The molecule has 0 spiro atoms. The van der Waals surface area contributed by atoms with E-state index in [9.17, 15) is 5.11 Å². The van der Waals surface area contributed by atoms with Crippen molar-refractivity contribution in [3.05, 3.63) is 10.9 Å². The van der Waals surface area contributed by atoms with Gasteiger partial charge in [0.1, 0.15) is 10.6 Å². The lowest BCUT2D eigenvalue weighted by Gasteiger charge is -2.35. The standard InChI is InChI=1S/C15H22N4OS/c1-4-16-15-17-13(11-7-10(3)21-14(11)18-15)19-6-5-12(20)9(2)8-19/h7,9,12,20H,4-6,8H2,1-3H3,(H,16,17,18). The number of anilines is 2.